The van der Waals surface area contributed by atoms with Crippen LogP contribution < -0.4 is 16.0 Å². The van der Waals surface area contributed by atoms with Gasteiger partial charge in [-0.3, -0.25) is 19.2 Å². The molecule has 2 aromatic carbocycles. The molecule has 73 heavy (non-hydrogen) atoms. The molecule has 1 heterocycles. The molecule has 0 spiro atoms. The van der Waals surface area contributed by atoms with Gasteiger partial charge in [0.05, 0.1) is 18.1 Å². The van der Waals surface area contributed by atoms with E-state index in [-0.39, 0.29) is 58.6 Å². The van der Waals surface area contributed by atoms with Crippen molar-refractivity contribution in [1.82, 2.24) is 20.9 Å². The Balaban J connectivity index is 0.000000987. The number of rotatable bonds is 17. The van der Waals surface area contributed by atoms with E-state index in [1.54, 1.807) is 100 Å². The van der Waals surface area contributed by atoms with Crippen LogP contribution in [0, 0.1) is 41.4 Å². The number of H-pyrrole nitrogens is 1. The lowest BCUT2D eigenvalue weighted by atomic mass is 9.88. The topological polar surface area (TPSA) is 219 Å². The van der Waals surface area contributed by atoms with Gasteiger partial charge in [0, 0.05) is 53.1 Å². The minimum atomic E-state index is -0.653. The zero-order chi connectivity index (χ0) is 56.9. The van der Waals surface area contributed by atoms with Crippen molar-refractivity contribution in [2.45, 2.75) is 200 Å². The number of alkyl carbamates (subject to hydrolysis) is 3. The Kier molecular flexibility index (Phi) is 28.1. The fourth-order valence-corrected chi connectivity index (χ4v) is 6.75. The van der Waals surface area contributed by atoms with E-state index in [0.717, 1.165) is 22.0 Å². The number of phenolic OH excluding ortho intramolecular Hbond substituents is 1. The highest BCUT2D eigenvalue weighted by molar-refractivity contribution is 5.91. The predicted molar refractivity (Wildman–Crippen MR) is 292 cm³/mol. The zero-order valence-electron chi connectivity index (χ0n) is 48.4. The minimum absolute atomic E-state index is 0.00820. The second-order valence-corrected chi connectivity index (χ2v) is 23.5. The lowest BCUT2D eigenvalue weighted by molar-refractivity contribution is -0.126. The largest absolute Gasteiger partial charge is 0.508 e. The van der Waals surface area contributed by atoms with E-state index >= 15 is 0 Å². The molecule has 412 valence electrons. The number of aromatic nitrogens is 1. The number of hydrogen-bond acceptors (Lipinski definition) is 11. The smallest absolute Gasteiger partial charge is 0.408 e. The molecule has 0 aliphatic rings. The summed E-state index contributed by atoms with van der Waals surface area (Å²) in [6, 6.07) is 12.7. The number of carbonyl (C=O) groups is 7. The van der Waals surface area contributed by atoms with E-state index in [0.29, 0.717) is 24.5 Å². The lowest BCUT2D eigenvalue weighted by Gasteiger charge is -2.25. The van der Waals surface area contributed by atoms with Crippen molar-refractivity contribution in [1.29, 1.82) is 0 Å². The third-order valence-corrected chi connectivity index (χ3v) is 10.9. The van der Waals surface area contributed by atoms with E-state index in [4.69, 9.17) is 14.2 Å². The fourth-order valence-electron chi connectivity index (χ4n) is 6.75. The maximum absolute atomic E-state index is 12.5. The molecule has 0 aliphatic carbocycles. The summed E-state index contributed by atoms with van der Waals surface area (Å²) < 4.78 is 15.7. The molecule has 0 radical (unpaired) electrons. The first kappa shape index (κ1) is 67.3. The SMILES string of the molecule is CC(C)C(=O)C(NC(=O)OC(C)(C)C)C(C)C.CC(C)C(=O)[C@@H](C)C(C)C.CC(C)C(=O)[C@H](Cc1c[nH]c2ccccc12)NC(=O)OC(C)(C)C.CC(C)C(=O)[C@H](Cc1ccc(O)cc1)NC(=O)OC(C)(C)C. The fraction of sp³-hybridized carbons (Fsp3) is 0.638. The van der Waals surface area contributed by atoms with E-state index in [1.807, 2.05) is 92.8 Å². The van der Waals surface area contributed by atoms with Crippen LogP contribution in [0.5, 0.6) is 5.75 Å². The highest BCUT2D eigenvalue weighted by Gasteiger charge is 2.30. The number of ketones is 4. The molecule has 15 nitrogen and oxygen atoms in total. The van der Waals surface area contributed by atoms with E-state index in [2.05, 4.69) is 34.8 Å². The number of benzene rings is 2. The Labute approximate surface area is 437 Å². The summed E-state index contributed by atoms with van der Waals surface area (Å²) in [6.45, 7) is 40.9. The number of amides is 3. The van der Waals surface area contributed by atoms with Crippen LogP contribution in [0.2, 0.25) is 0 Å². The highest BCUT2D eigenvalue weighted by atomic mass is 16.6. The van der Waals surface area contributed by atoms with Crippen LogP contribution in [0.1, 0.15) is 163 Å². The normalized spacial score (nSPS) is 13.3. The van der Waals surface area contributed by atoms with Gasteiger partial charge in [-0.05, 0) is 110 Å². The first-order valence-corrected chi connectivity index (χ1v) is 25.7. The van der Waals surface area contributed by atoms with Gasteiger partial charge in [0.25, 0.3) is 0 Å². The number of aromatic amines is 1. The van der Waals surface area contributed by atoms with Gasteiger partial charge in [-0.15, -0.1) is 0 Å². The molecular weight excluding hydrogens is 929 g/mol. The molecule has 0 aliphatic heterocycles. The second kappa shape index (κ2) is 30.5. The number of fused-ring (bicyclic) bond motifs is 1. The van der Waals surface area contributed by atoms with Gasteiger partial charge in [-0.2, -0.15) is 0 Å². The van der Waals surface area contributed by atoms with Crippen molar-refractivity contribution in [3.8, 4) is 5.75 Å². The molecule has 3 rings (SSSR count). The Bertz CT molecular complexity index is 2200. The van der Waals surface area contributed by atoms with Crippen molar-refractivity contribution in [2.24, 2.45) is 41.4 Å². The third kappa shape index (κ3) is 27.8. The maximum Gasteiger partial charge on any atom is 0.408 e. The standard InChI is InChI=1S/C19H26N2O3.C17H25NO4.C13H25NO3.C9H18O/c1-12(2)17(22)16(21-18(23)24-19(3,4)5)10-13-11-20-15-9-7-6-8-14(13)15;1-11(2)15(20)14(18-16(21)22-17(3,4)5)10-12-6-8-13(19)9-7-12;1-8(2)10(11(15)9(3)4)14-12(16)17-13(5,6)7;1-6(2)8(5)9(10)7(3)4/h6-9,11-12,16,20H,10H2,1-5H3,(H,21,23);6-9,11,14,19H,10H2,1-5H3,(H,18,21);8-10H,1-7H3,(H,14,16);6-8H,1-5H3/t16-;14-;;8-/m00.0/s1. The Morgan fingerprint density at radius 1 is 0.493 bits per heavy atom. The van der Waals surface area contributed by atoms with Gasteiger partial charge in [0.15, 0.2) is 17.3 Å². The molecule has 0 saturated heterocycles. The summed E-state index contributed by atoms with van der Waals surface area (Å²) in [4.78, 5) is 86.8. The van der Waals surface area contributed by atoms with Crippen molar-refractivity contribution in [3.05, 3.63) is 65.9 Å². The zero-order valence-corrected chi connectivity index (χ0v) is 48.4. The first-order chi connectivity index (χ1) is 33.3. The van der Waals surface area contributed by atoms with Crippen LogP contribution in [0.15, 0.2) is 54.7 Å². The Morgan fingerprint density at radius 2 is 0.877 bits per heavy atom. The van der Waals surface area contributed by atoms with Gasteiger partial charge in [0.2, 0.25) is 0 Å². The van der Waals surface area contributed by atoms with E-state index in [9.17, 15) is 38.7 Å². The van der Waals surface area contributed by atoms with Crippen LogP contribution in [0.4, 0.5) is 14.4 Å². The van der Waals surface area contributed by atoms with Gasteiger partial charge >= 0.3 is 18.3 Å². The van der Waals surface area contributed by atoms with Gasteiger partial charge in [-0.1, -0.05) is 120 Å². The number of hydrogen-bond donors (Lipinski definition) is 5. The van der Waals surface area contributed by atoms with Crippen molar-refractivity contribution in [3.63, 3.8) is 0 Å². The van der Waals surface area contributed by atoms with Crippen LogP contribution in [0.3, 0.4) is 0 Å². The monoisotopic (exact) mass is 1020 g/mol. The third-order valence-electron chi connectivity index (χ3n) is 10.9. The Hall–Kier alpha value is -5.73. The number of para-hydroxylation sites is 1. The molecule has 0 saturated carbocycles. The van der Waals surface area contributed by atoms with Crippen LogP contribution >= 0.6 is 0 Å². The lowest BCUT2D eigenvalue weighted by Crippen LogP contribution is -2.47. The van der Waals surface area contributed by atoms with Gasteiger partial charge in [0.1, 0.15) is 28.3 Å². The number of Topliss-reactive ketones (excluding diaryl/α,β-unsaturated/α-hetero) is 4. The average Bonchev–Trinajstić information content (AvgIpc) is 3.65. The Morgan fingerprint density at radius 3 is 1.23 bits per heavy atom. The summed E-state index contributed by atoms with van der Waals surface area (Å²) in [5.74, 6) is 0.996. The average molecular weight is 1020 g/mol. The summed E-state index contributed by atoms with van der Waals surface area (Å²) in [6.07, 6.45) is 0.968. The molecule has 15 heteroatoms. The predicted octanol–water partition coefficient (Wildman–Crippen LogP) is 12.1. The summed E-state index contributed by atoms with van der Waals surface area (Å²) >= 11 is 0. The van der Waals surface area contributed by atoms with Crippen LogP contribution in [-0.2, 0) is 46.2 Å². The van der Waals surface area contributed by atoms with Crippen molar-refractivity contribution in [2.75, 3.05) is 0 Å². The summed E-state index contributed by atoms with van der Waals surface area (Å²) in [5.41, 5.74) is 1.10. The molecule has 3 aromatic rings. The quantitative estimate of drug-likeness (QED) is 0.0801. The minimum Gasteiger partial charge on any atom is -0.508 e. The number of carbonyl (C=O) groups excluding carboxylic acids is 7. The molecule has 1 unspecified atom stereocenters. The molecule has 4 atom stereocenters. The van der Waals surface area contributed by atoms with E-state index < -0.39 is 53.2 Å². The number of nitrogens with one attached hydrogen (secondary N) is 4. The van der Waals surface area contributed by atoms with Crippen molar-refractivity contribution >= 4 is 52.3 Å². The summed E-state index contributed by atoms with van der Waals surface area (Å²) in [5, 5.41) is 18.4. The second-order valence-electron chi connectivity index (χ2n) is 23.5. The molecule has 1 aromatic heterocycles. The number of ether oxygens (including phenoxy) is 3. The molecule has 0 bridgehead atoms. The van der Waals surface area contributed by atoms with Crippen LogP contribution in [-0.4, -0.2) is 86.4 Å². The van der Waals surface area contributed by atoms with Crippen LogP contribution in [0.25, 0.3) is 10.9 Å². The van der Waals surface area contributed by atoms with Gasteiger partial charge in [-0.25, -0.2) is 14.4 Å². The van der Waals surface area contributed by atoms with E-state index in [1.165, 1.54) is 0 Å². The van der Waals surface area contributed by atoms with Gasteiger partial charge < -0.3 is 40.3 Å². The first-order valence-electron chi connectivity index (χ1n) is 25.7. The summed E-state index contributed by atoms with van der Waals surface area (Å²) in [7, 11) is 0. The molecular formula is C58H94N4O11. The molecule has 0 fully saturated rings. The number of aromatic hydroxyl groups is 1. The molecule has 5 N–H and O–H groups in total. The number of phenols is 1. The van der Waals surface area contributed by atoms with Crippen molar-refractivity contribution < 1.29 is 52.9 Å². The highest BCUT2D eigenvalue weighted by Crippen LogP contribution is 2.21. The molecule has 3 amide bonds. The maximum atomic E-state index is 12.5.